The highest BCUT2D eigenvalue weighted by atomic mass is 79.9. The zero-order valence-corrected chi connectivity index (χ0v) is 13.0. The predicted molar refractivity (Wildman–Crippen MR) is 85.0 cm³/mol. The molecule has 1 saturated heterocycles. The summed E-state index contributed by atoms with van der Waals surface area (Å²) in [5.74, 6) is 1.02. The average molecular weight is 324 g/mol. The van der Waals surface area contributed by atoms with Crippen LogP contribution in [0.5, 0.6) is 0 Å². The third kappa shape index (κ3) is 3.50. The second kappa shape index (κ2) is 6.42. The van der Waals surface area contributed by atoms with Crippen LogP contribution < -0.4 is 10.6 Å². The van der Waals surface area contributed by atoms with Gasteiger partial charge in [0.05, 0.1) is 0 Å². The Kier molecular flexibility index (Phi) is 4.86. The van der Waals surface area contributed by atoms with Crippen LogP contribution in [0.1, 0.15) is 38.2 Å². The van der Waals surface area contributed by atoms with Crippen molar-refractivity contribution in [1.29, 1.82) is 5.41 Å². The summed E-state index contributed by atoms with van der Waals surface area (Å²) in [4.78, 5) is 2.37. The Hall–Kier alpha value is -1.03. The van der Waals surface area contributed by atoms with Crippen molar-refractivity contribution in [3.8, 4) is 0 Å². The number of nitrogens with zero attached hydrogens (tertiary/aromatic N) is 1. The molecule has 0 spiro atoms. The van der Waals surface area contributed by atoms with Gasteiger partial charge in [-0.3, -0.25) is 5.41 Å². The van der Waals surface area contributed by atoms with Crippen molar-refractivity contribution in [3.63, 3.8) is 0 Å². The lowest BCUT2D eigenvalue weighted by Gasteiger charge is -2.34. The molecule has 0 atom stereocenters. The largest absolute Gasteiger partial charge is 0.384 e. The zero-order chi connectivity index (χ0) is 13.8. The van der Waals surface area contributed by atoms with E-state index in [0.29, 0.717) is 0 Å². The summed E-state index contributed by atoms with van der Waals surface area (Å²) in [5, 5.41) is 7.73. The molecular weight excluding hydrogens is 302 g/mol. The van der Waals surface area contributed by atoms with E-state index >= 15 is 0 Å². The molecule has 1 aromatic carbocycles. The lowest BCUT2D eigenvalue weighted by molar-refractivity contribution is 0.378. The van der Waals surface area contributed by atoms with Crippen LogP contribution in [0.25, 0.3) is 0 Å². The lowest BCUT2D eigenvalue weighted by Crippen LogP contribution is -2.35. The third-order valence-electron chi connectivity index (χ3n) is 3.90. The number of benzene rings is 1. The normalized spacial score (nSPS) is 16.6. The molecule has 1 aliphatic rings. The third-order valence-corrected chi connectivity index (χ3v) is 4.39. The summed E-state index contributed by atoms with van der Waals surface area (Å²) in [6.07, 6.45) is 5.12. The van der Waals surface area contributed by atoms with Gasteiger partial charge < -0.3 is 10.6 Å². The highest BCUT2D eigenvalue weighted by Gasteiger charge is 2.21. The van der Waals surface area contributed by atoms with Gasteiger partial charge in [-0.15, -0.1) is 0 Å². The molecule has 0 bridgehead atoms. The Morgan fingerprint density at radius 1 is 1.42 bits per heavy atom. The van der Waals surface area contributed by atoms with Crippen LogP contribution in [-0.2, 0) is 0 Å². The standard InChI is InChI=1S/C15H22BrN3/c1-2-3-11-6-8-19(9-7-11)14-5-4-12(16)10-13(14)15(17)18/h4-5,10-11H,2-3,6-9H2,1H3,(H3,17,18). The molecule has 0 unspecified atom stereocenters. The maximum atomic E-state index is 7.73. The minimum Gasteiger partial charge on any atom is -0.384 e. The van der Waals surface area contributed by atoms with Crippen molar-refractivity contribution in [1.82, 2.24) is 0 Å². The van der Waals surface area contributed by atoms with Crippen molar-refractivity contribution < 1.29 is 0 Å². The SMILES string of the molecule is CCCC1CCN(c2ccc(Br)cc2C(=N)N)CC1. The Morgan fingerprint density at radius 3 is 2.68 bits per heavy atom. The van der Waals surface area contributed by atoms with Crippen molar-refractivity contribution in [2.24, 2.45) is 11.7 Å². The fourth-order valence-corrected chi connectivity index (χ4v) is 3.23. The summed E-state index contributed by atoms with van der Waals surface area (Å²) < 4.78 is 0.974. The first-order valence-electron chi connectivity index (χ1n) is 7.00. The molecule has 1 heterocycles. The van der Waals surface area contributed by atoms with E-state index in [2.05, 4.69) is 33.8 Å². The lowest BCUT2D eigenvalue weighted by atomic mass is 9.92. The molecule has 0 aliphatic carbocycles. The fourth-order valence-electron chi connectivity index (χ4n) is 2.87. The van der Waals surface area contributed by atoms with E-state index in [9.17, 15) is 0 Å². The molecule has 1 aromatic rings. The minimum atomic E-state index is 0.145. The number of nitrogen functional groups attached to an aromatic ring is 1. The molecule has 3 N–H and O–H groups in total. The van der Waals surface area contributed by atoms with Gasteiger partial charge >= 0.3 is 0 Å². The van der Waals surface area contributed by atoms with Gasteiger partial charge in [0.25, 0.3) is 0 Å². The molecule has 0 saturated carbocycles. The van der Waals surface area contributed by atoms with Gasteiger partial charge in [0.15, 0.2) is 0 Å². The van der Waals surface area contributed by atoms with Gasteiger partial charge in [-0.1, -0.05) is 35.7 Å². The summed E-state index contributed by atoms with van der Waals surface area (Å²) in [5.41, 5.74) is 7.64. The Morgan fingerprint density at radius 2 is 2.11 bits per heavy atom. The molecule has 0 amide bonds. The topological polar surface area (TPSA) is 53.1 Å². The van der Waals surface area contributed by atoms with Crippen LogP contribution in [0, 0.1) is 11.3 Å². The van der Waals surface area contributed by atoms with E-state index in [1.54, 1.807) is 0 Å². The molecule has 19 heavy (non-hydrogen) atoms. The number of halogens is 1. The van der Waals surface area contributed by atoms with Crippen molar-refractivity contribution >= 4 is 27.5 Å². The number of hydrogen-bond acceptors (Lipinski definition) is 2. The molecule has 0 aromatic heterocycles. The Balaban J connectivity index is 2.13. The van der Waals surface area contributed by atoms with E-state index in [0.717, 1.165) is 34.7 Å². The highest BCUT2D eigenvalue weighted by molar-refractivity contribution is 9.10. The number of hydrogen-bond donors (Lipinski definition) is 2. The maximum absolute atomic E-state index is 7.73. The van der Waals surface area contributed by atoms with Gasteiger partial charge in [-0.05, 0) is 37.0 Å². The molecular formula is C15H22BrN3. The van der Waals surface area contributed by atoms with Crippen LogP contribution in [0.3, 0.4) is 0 Å². The number of amidine groups is 1. The van der Waals surface area contributed by atoms with Gasteiger partial charge in [-0.25, -0.2) is 0 Å². The quantitative estimate of drug-likeness (QED) is 0.655. The first-order chi connectivity index (χ1) is 9.11. The molecule has 3 nitrogen and oxygen atoms in total. The number of nitrogens with one attached hydrogen (secondary N) is 1. The summed E-state index contributed by atoms with van der Waals surface area (Å²) in [6, 6.07) is 6.04. The second-order valence-corrected chi connectivity index (χ2v) is 6.21. The van der Waals surface area contributed by atoms with E-state index < -0.39 is 0 Å². The van der Waals surface area contributed by atoms with Crippen molar-refractivity contribution in [3.05, 3.63) is 28.2 Å². The van der Waals surface area contributed by atoms with Gasteiger partial charge in [-0.2, -0.15) is 0 Å². The first-order valence-corrected chi connectivity index (χ1v) is 7.80. The van der Waals surface area contributed by atoms with Gasteiger partial charge in [0.1, 0.15) is 5.84 Å². The van der Waals surface area contributed by atoms with Crippen LogP contribution >= 0.6 is 15.9 Å². The second-order valence-electron chi connectivity index (χ2n) is 5.29. The van der Waals surface area contributed by atoms with Gasteiger partial charge in [0, 0.05) is 28.8 Å². The summed E-state index contributed by atoms with van der Waals surface area (Å²) in [7, 11) is 0. The number of piperidine rings is 1. The fraction of sp³-hybridized carbons (Fsp3) is 0.533. The molecule has 2 rings (SSSR count). The molecule has 104 valence electrons. The Labute approximate surface area is 123 Å². The van der Waals surface area contributed by atoms with E-state index in [1.165, 1.54) is 25.7 Å². The average Bonchev–Trinajstić information content (AvgIpc) is 2.40. The zero-order valence-electron chi connectivity index (χ0n) is 11.5. The smallest absolute Gasteiger partial charge is 0.124 e. The van der Waals surface area contributed by atoms with Crippen LogP contribution in [0.15, 0.2) is 22.7 Å². The van der Waals surface area contributed by atoms with Crippen LogP contribution in [0.2, 0.25) is 0 Å². The summed E-state index contributed by atoms with van der Waals surface area (Å²) in [6.45, 7) is 4.41. The first kappa shape index (κ1) is 14.4. The molecule has 1 fully saturated rings. The number of rotatable bonds is 4. The maximum Gasteiger partial charge on any atom is 0.124 e. The number of nitrogens with two attached hydrogens (primary N) is 1. The van der Waals surface area contributed by atoms with E-state index in [-0.39, 0.29) is 5.84 Å². The monoisotopic (exact) mass is 323 g/mol. The molecule has 1 aliphatic heterocycles. The van der Waals surface area contributed by atoms with Crippen molar-refractivity contribution in [2.45, 2.75) is 32.6 Å². The molecule has 0 radical (unpaired) electrons. The van der Waals surface area contributed by atoms with Gasteiger partial charge in [0.2, 0.25) is 0 Å². The van der Waals surface area contributed by atoms with Crippen LogP contribution in [0.4, 0.5) is 5.69 Å². The predicted octanol–water partition coefficient (Wildman–Crippen LogP) is 3.75. The summed E-state index contributed by atoms with van der Waals surface area (Å²) >= 11 is 3.45. The molecule has 4 heteroatoms. The van der Waals surface area contributed by atoms with E-state index in [1.807, 2.05) is 12.1 Å². The number of anilines is 1. The Bertz CT molecular complexity index is 451. The van der Waals surface area contributed by atoms with Crippen LogP contribution in [-0.4, -0.2) is 18.9 Å². The van der Waals surface area contributed by atoms with Crippen molar-refractivity contribution in [2.75, 3.05) is 18.0 Å². The highest BCUT2D eigenvalue weighted by Crippen LogP contribution is 2.29. The minimum absolute atomic E-state index is 0.145. The van der Waals surface area contributed by atoms with E-state index in [4.69, 9.17) is 11.1 Å².